The fraction of sp³-hybridized carbons (Fsp3) is 0.250. The molecule has 0 radical (unpaired) electrons. The zero-order valence-corrected chi connectivity index (χ0v) is 20.4. The molecule has 0 unspecified atom stereocenters. The molecule has 0 bridgehead atoms. The van der Waals surface area contributed by atoms with Gasteiger partial charge in [-0.2, -0.15) is 4.31 Å². The van der Waals surface area contributed by atoms with Gasteiger partial charge in [0.1, 0.15) is 22.8 Å². The summed E-state index contributed by atoms with van der Waals surface area (Å²) in [5.41, 5.74) is 1.29. The Morgan fingerprint density at radius 1 is 1.17 bits per heavy atom. The Bertz CT molecular complexity index is 1470. The van der Waals surface area contributed by atoms with Gasteiger partial charge in [0, 0.05) is 35.8 Å². The van der Waals surface area contributed by atoms with Crippen LogP contribution in [-0.2, 0) is 14.8 Å². The number of ether oxygens (including phenoxy) is 1. The molecule has 1 aliphatic rings. The van der Waals surface area contributed by atoms with Crippen molar-refractivity contribution >= 4 is 43.4 Å². The number of thiazole rings is 1. The molecule has 0 saturated carbocycles. The van der Waals surface area contributed by atoms with E-state index in [0.29, 0.717) is 40.8 Å². The maximum absolute atomic E-state index is 13.1. The fourth-order valence-electron chi connectivity index (χ4n) is 4.03. The van der Waals surface area contributed by atoms with Crippen LogP contribution >= 0.6 is 11.3 Å². The molecule has 2 aromatic heterocycles. The second-order valence-corrected chi connectivity index (χ2v) is 11.0. The van der Waals surface area contributed by atoms with Gasteiger partial charge in [0.15, 0.2) is 10.9 Å². The largest absolute Gasteiger partial charge is 0.497 e. The van der Waals surface area contributed by atoms with Crippen molar-refractivity contribution in [1.82, 2.24) is 9.29 Å². The molecular weight excluding hydrogens is 493 g/mol. The van der Waals surface area contributed by atoms with Crippen molar-refractivity contribution in [2.45, 2.75) is 17.7 Å². The number of furan rings is 1. The molecule has 8 nitrogen and oxygen atoms in total. The Kier molecular flexibility index (Phi) is 6.30. The minimum absolute atomic E-state index is 0.0427. The molecule has 0 spiro atoms. The monoisotopic (exact) mass is 515 g/mol. The van der Waals surface area contributed by atoms with Gasteiger partial charge in [-0.1, -0.05) is 0 Å². The molecule has 1 amide bonds. The number of carbonyl (C=O) groups is 1. The molecule has 11 heteroatoms. The standard InChI is InChI=1S/C24H22FN3O5S2/c1-32-18-5-2-16-12-22(33-21(16)13-18)20-14-34-24(26-20)27-23(29)15-8-10-28(11-9-15)35(30,31)19-6-3-17(25)4-7-19/h2-7,12-15H,8-11H2,1H3,(H,26,27,29). The second-order valence-electron chi connectivity index (χ2n) is 8.17. The summed E-state index contributed by atoms with van der Waals surface area (Å²) in [4.78, 5) is 17.3. The number of hydrogen-bond acceptors (Lipinski definition) is 7. The van der Waals surface area contributed by atoms with Crippen LogP contribution in [0.25, 0.3) is 22.4 Å². The summed E-state index contributed by atoms with van der Waals surface area (Å²) in [5.74, 6) is 0.260. The van der Waals surface area contributed by atoms with E-state index in [2.05, 4.69) is 10.3 Å². The molecule has 1 saturated heterocycles. The number of methoxy groups -OCH3 is 1. The number of fused-ring (bicyclic) bond motifs is 1. The van der Waals surface area contributed by atoms with Crippen LogP contribution < -0.4 is 10.1 Å². The Balaban J connectivity index is 1.21. The third-order valence-corrected chi connectivity index (χ3v) is 8.66. The van der Waals surface area contributed by atoms with Gasteiger partial charge in [0.25, 0.3) is 0 Å². The lowest BCUT2D eigenvalue weighted by atomic mass is 9.97. The maximum atomic E-state index is 13.1. The fourth-order valence-corrected chi connectivity index (χ4v) is 6.20. The number of sulfonamides is 1. The summed E-state index contributed by atoms with van der Waals surface area (Å²) in [5, 5.41) is 6.02. The predicted molar refractivity (Wildman–Crippen MR) is 130 cm³/mol. The number of benzene rings is 2. The van der Waals surface area contributed by atoms with E-state index in [1.165, 1.54) is 27.8 Å². The number of carbonyl (C=O) groups excluding carboxylic acids is 1. The normalized spacial score (nSPS) is 15.4. The minimum Gasteiger partial charge on any atom is -0.497 e. The number of amides is 1. The van der Waals surface area contributed by atoms with Crippen LogP contribution in [0.4, 0.5) is 9.52 Å². The van der Waals surface area contributed by atoms with Crippen molar-refractivity contribution < 1.29 is 26.8 Å². The van der Waals surface area contributed by atoms with E-state index in [0.717, 1.165) is 17.5 Å². The lowest BCUT2D eigenvalue weighted by Gasteiger charge is -2.30. The Labute approximate surface area is 205 Å². The zero-order valence-electron chi connectivity index (χ0n) is 18.7. The average molecular weight is 516 g/mol. The number of rotatable bonds is 6. The van der Waals surface area contributed by atoms with Crippen molar-refractivity contribution in [1.29, 1.82) is 0 Å². The SMILES string of the molecule is COc1ccc2cc(-c3csc(NC(=O)C4CCN(S(=O)(=O)c5ccc(F)cc5)CC4)n3)oc2c1. The van der Waals surface area contributed by atoms with Gasteiger partial charge in [0.05, 0.1) is 12.0 Å². The van der Waals surface area contributed by atoms with E-state index in [1.807, 2.05) is 23.6 Å². The molecule has 1 N–H and O–H groups in total. The first-order valence-corrected chi connectivity index (χ1v) is 13.3. The van der Waals surface area contributed by atoms with E-state index < -0.39 is 15.8 Å². The van der Waals surface area contributed by atoms with E-state index in [1.54, 1.807) is 13.2 Å². The summed E-state index contributed by atoms with van der Waals surface area (Å²) >= 11 is 1.29. The Morgan fingerprint density at radius 3 is 2.63 bits per heavy atom. The number of hydrogen-bond donors (Lipinski definition) is 1. The highest BCUT2D eigenvalue weighted by Crippen LogP contribution is 2.32. The summed E-state index contributed by atoms with van der Waals surface area (Å²) < 4.78 is 51.2. The highest BCUT2D eigenvalue weighted by Gasteiger charge is 2.32. The molecule has 5 rings (SSSR count). The van der Waals surface area contributed by atoms with Crippen LogP contribution in [0.15, 0.2) is 63.2 Å². The number of piperidine rings is 1. The van der Waals surface area contributed by atoms with E-state index >= 15 is 0 Å². The van der Waals surface area contributed by atoms with Gasteiger partial charge in [-0.15, -0.1) is 11.3 Å². The van der Waals surface area contributed by atoms with Crippen molar-refractivity contribution in [3.05, 3.63) is 59.7 Å². The lowest BCUT2D eigenvalue weighted by molar-refractivity contribution is -0.120. The quantitative estimate of drug-likeness (QED) is 0.398. The van der Waals surface area contributed by atoms with Gasteiger partial charge in [-0.25, -0.2) is 17.8 Å². The zero-order chi connectivity index (χ0) is 24.6. The molecule has 0 atom stereocenters. The first kappa shape index (κ1) is 23.5. The number of anilines is 1. The van der Waals surface area contributed by atoms with Crippen molar-refractivity contribution in [2.75, 3.05) is 25.5 Å². The highest BCUT2D eigenvalue weighted by atomic mass is 32.2. The smallest absolute Gasteiger partial charge is 0.243 e. The van der Waals surface area contributed by atoms with Crippen molar-refractivity contribution in [3.63, 3.8) is 0 Å². The maximum Gasteiger partial charge on any atom is 0.243 e. The second kappa shape index (κ2) is 9.40. The van der Waals surface area contributed by atoms with Gasteiger partial charge >= 0.3 is 0 Å². The van der Waals surface area contributed by atoms with Crippen LogP contribution in [-0.4, -0.2) is 43.8 Å². The molecular formula is C24H22FN3O5S2. The number of nitrogens with zero attached hydrogens (tertiary/aromatic N) is 2. The van der Waals surface area contributed by atoms with E-state index in [9.17, 15) is 17.6 Å². The van der Waals surface area contributed by atoms with Crippen LogP contribution in [0.5, 0.6) is 5.75 Å². The summed E-state index contributed by atoms with van der Waals surface area (Å²) in [6.07, 6.45) is 0.770. The Morgan fingerprint density at radius 2 is 1.91 bits per heavy atom. The molecule has 35 heavy (non-hydrogen) atoms. The van der Waals surface area contributed by atoms with Crippen LogP contribution in [0.1, 0.15) is 12.8 Å². The third kappa shape index (κ3) is 4.79. The lowest BCUT2D eigenvalue weighted by Crippen LogP contribution is -2.41. The van der Waals surface area contributed by atoms with Gasteiger partial charge in [-0.3, -0.25) is 4.79 Å². The first-order chi connectivity index (χ1) is 16.8. The number of halogens is 1. The predicted octanol–water partition coefficient (Wildman–Crippen LogP) is 4.74. The number of aromatic nitrogens is 1. The summed E-state index contributed by atoms with van der Waals surface area (Å²) in [6.45, 7) is 0.423. The van der Waals surface area contributed by atoms with Crippen molar-refractivity contribution in [3.8, 4) is 17.2 Å². The average Bonchev–Trinajstić information content (AvgIpc) is 3.50. The molecule has 4 aromatic rings. The van der Waals surface area contributed by atoms with Crippen LogP contribution in [0.2, 0.25) is 0 Å². The highest BCUT2D eigenvalue weighted by molar-refractivity contribution is 7.89. The third-order valence-electron chi connectivity index (χ3n) is 5.99. The molecule has 1 fully saturated rings. The van der Waals surface area contributed by atoms with Crippen molar-refractivity contribution in [2.24, 2.45) is 5.92 Å². The van der Waals surface area contributed by atoms with Crippen LogP contribution in [0, 0.1) is 11.7 Å². The molecule has 3 heterocycles. The van der Waals surface area contributed by atoms with Crippen LogP contribution in [0.3, 0.4) is 0 Å². The molecule has 182 valence electrons. The van der Waals surface area contributed by atoms with Gasteiger partial charge in [0.2, 0.25) is 15.9 Å². The van der Waals surface area contributed by atoms with Gasteiger partial charge in [-0.05, 0) is 55.3 Å². The van der Waals surface area contributed by atoms with E-state index in [-0.39, 0.29) is 29.8 Å². The minimum atomic E-state index is -3.72. The first-order valence-electron chi connectivity index (χ1n) is 10.9. The molecule has 2 aromatic carbocycles. The molecule has 0 aliphatic carbocycles. The molecule has 1 aliphatic heterocycles. The summed E-state index contributed by atoms with van der Waals surface area (Å²) in [7, 11) is -2.13. The van der Waals surface area contributed by atoms with Gasteiger partial charge < -0.3 is 14.5 Å². The Hall–Kier alpha value is -3.28. The topological polar surface area (TPSA) is 102 Å². The number of nitrogens with one attached hydrogen (secondary N) is 1. The van der Waals surface area contributed by atoms with E-state index in [4.69, 9.17) is 9.15 Å². The summed E-state index contributed by atoms with van der Waals surface area (Å²) in [6, 6.07) is 12.2.